The highest BCUT2D eigenvalue weighted by Crippen LogP contribution is 2.33. The Bertz CT molecular complexity index is 864. The third kappa shape index (κ3) is 3.11. The molecule has 1 amide bonds. The summed E-state index contributed by atoms with van der Waals surface area (Å²) in [5.74, 6) is 0.699. The number of hydrogen-bond donors (Lipinski definition) is 2. The monoisotopic (exact) mass is 306 g/mol. The normalized spacial score (nSPS) is 11.0. The highest BCUT2D eigenvalue weighted by atomic mass is 16.5. The number of aromatic nitrogens is 1. The van der Waals surface area contributed by atoms with Crippen LogP contribution in [-0.4, -0.2) is 18.0 Å². The summed E-state index contributed by atoms with van der Waals surface area (Å²) in [5, 5.41) is 3.74. The summed E-state index contributed by atoms with van der Waals surface area (Å²) in [6.45, 7) is 1.49. The van der Waals surface area contributed by atoms with Crippen LogP contribution in [0, 0.1) is 0 Å². The first kappa shape index (κ1) is 14.9. The van der Waals surface area contributed by atoms with E-state index < -0.39 is 0 Å². The summed E-state index contributed by atoms with van der Waals surface area (Å²) in [4.78, 5) is 14.6. The van der Waals surface area contributed by atoms with Crippen LogP contribution in [-0.2, 0) is 4.79 Å². The summed E-state index contributed by atoms with van der Waals surface area (Å²) < 4.78 is 5.33. The number of carbonyl (C=O) groups is 1. The van der Waals surface area contributed by atoms with Gasteiger partial charge in [0.1, 0.15) is 5.75 Å². The van der Waals surface area contributed by atoms with Gasteiger partial charge >= 0.3 is 0 Å². The molecule has 3 rings (SSSR count). The number of carbonyl (C=O) groups excluding carboxylic acids is 1. The lowest BCUT2D eigenvalue weighted by molar-refractivity contribution is -0.118. The molecule has 0 saturated carbocycles. The Morgan fingerprint density at radius 2 is 1.96 bits per heavy atom. The molecule has 1 heterocycles. The standard InChI is InChI=1S/C19H18N2O2/c1-13(22)20-11-10-16-17-12-15(23-2)8-9-18(17)21-19(16)14-6-4-3-5-7-14/h3-12,21H,1-2H3,(H,20,22)/b11-10+. The summed E-state index contributed by atoms with van der Waals surface area (Å²) in [5.41, 5.74) is 4.13. The zero-order chi connectivity index (χ0) is 16.2. The largest absolute Gasteiger partial charge is 0.497 e. The molecule has 116 valence electrons. The van der Waals surface area contributed by atoms with E-state index in [2.05, 4.69) is 22.4 Å². The SMILES string of the molecule is COc1ccc2[nH]c(-c3ccccc3)c(/C=C/NC(C)=O)c2c1. The van der Waals surface area contributed by atoms with Crippen LogP contribution in [0.15, 0.2) is 54.7 Å². The molecule has 2 N–H and O–H groups in total. The van der Waals surface area contributed by atoms with Gasteiger partial charge in [-0.25, -0.2) is 0 Å². The molecule has 3 aromatic rings. The van der Waals surface area contributed by atoms with E-state index >= 15 is 0 Å². The lowest BCUT2D eigenvalue weighted by atomic mass is 10.1. The van der Waals surface area contributed by atoms with Crippen molar-refractivity contribution in [1.29, 1.82) is 0 Å². The van der Waals surface area contributed by atoms with Gasteiger partial charge < -0.3 is 15.0 Å². The quantitative estimate of drug-likeness (QED) is 0.767. The van der Waals surface area contributed by atoms with Gasteiger partial charge in [-0.3, -0.25) is 4.79 Å². The summed E-state index contributed by atoms with van der Waals surface area (Å²) in [6, 6.07) is 16.0. The van der Waals surface area contributed by atoms with Crippen LogP contribution < -0.4 is 10.1 Å². The predicted octanol–water partition coefficient (Wildman–Crippen LogP) is 3.95. The molecule has 0 bridgehead atoms. The number of fused-ring (bicyclic) bond motifs is 1. The number of ether oxygens (including phenoxy) is 1. The number of benzene rings is 2. The summed E-state index contributed by atoms with van der Waals surface area (Å²) in [7, 11) is 1.65. The predicted molar refractivity (Wildman–Crippen MR) is 93.1 cm³/mol. The van der Waals surface area contributed by atoms with Crippen molar-refractivity contribution in [3.63, 3.8) is 0 Å². The van der Waals surface area contributed by atoms with Crippen molar-refractivity contribution in [1.82, 2.24) is 10.3 Å². The fourth-order valence-corrected chi connectivity index (χ4v) is 2.57. The zero-order valence-corrected chi connectivity index (χ0v) is 13.1. The minimum atomic E-state index is -0.0973. The van der Waals surface area contributed by atoms with Crippen molar-refractivity contribution in [3.05, 3.63) is 60.3 Å². The third-order valence-electron chi connectivity index (χ3n) is 3.64. The Labute approximate surface area is 134 Å². The fraction of sp³-hybridized carbons (Fsp3) is 0.105. The molecule has 0 aliphatic heterocycles. The molecular weight excluding hydrogens is 288 g/mol. The van der Waals surface area contributed by atoms with Gasteiger partial charge in [0.25, 0.3) is 0 Å². The lowest BCUT2D eigenvalue weighted by Gasteiger charge is -2.02. The fourth-order valence-electron chi connectivity index (χ4n) is 2.57. The first-order valence-corrected chi connectivity index (χ1v) is 7.38. The minimum absolute atomic E-state index is 0.0973. The van der Waals surface area contributed by atoms with E-state index in [0.717, 1.165) is 33.5 Å². The van der Waals surface area contributed by atoms with Gasteiger partial charge in [0.2, 0.25) is 5.91 Å². The molecular formula is C19H18N2O2. The van der Waals surface area contributed by atoms with E-state index in [1.165, 1.54) is 6.92 Å². The number of nitrogens with one attached hydrogen (secondary N) is 2. The van der Waals surface area contributed by atoms with E-state index in [-0.39, 0.29) is 5.91 Å². The maximum Gasteiger partial charge on any atom is 0.220 e. The smallest absolute Gasteiger partial charge is 0.220 e. The molecule has 0 unspecified atom stereocenters. The maximum absolute atomic E-state index is 11.1. The molecule has 0 radical (unpaired) electrons. The first-order chi connectivity index (χ1) is 11.2. The van der Waals surface area contributed by atoms with Crippen LogP contribution in [0.2, 0.25) is 0 Å². The van der Waals surface area contributed by atoms with Crippen molar-refractivity contribution in [2.45, 2.75) is 6.92 Å². The number of rotatable bonds is 4. The molecule has 0 spiro atoms. The molecule has 2 aromatic carbocycles. The van der Waals surface area contributed by atoms with Crippen LogP contribution in [0.25, 0.3) is 28.2 Å². The van der Waals surface area contributed by atoms with E-state index in [9.17, 15) is 4.79 Å². The number of H-pyrrole nitrogens is 1. The van der Waals surface area contributed by atoms with Gasteiger partial charge in [0.05, 0.1) is 12.8 Å². The maximum atomic E-state index is 11.1. The van der Waals surface area contributed by atoms with Crippen LogP contribution in [0.3, 0.4) is 0 Å². The number of methoxy groups -OCH3 is 1. The second-order valence-electron chi connectivity index (χ2n) is 5.23. The van der Waals surface area contributed by atoms with Crippen molar-refractivity contribution in [2.24, 2.45) is 0 Å². The average Bonchev–Trinajstić information content (AvgIpc) is 2.93. The topological polar surface area (TPSA) is 54.1 Å². The van der Waals surface area contributed by atoms with Gasteiger partial charge in [0.15, 0.2) is 0 Å². The number of aromatic amines is 1. The molecule has 0 atom stereocenters. The molecule has 0 aliphatic rings. The molecule has 23 heavy (non-hydrogen) atoms. The van der Waals surface area contributed by atoms with E-state index in [0.29, 0.717) is 0 Å². The van der Waals surface area contributed by atoms with E-state index in [1.54, 1.807) is 13.3 Å². The molecule has 0 aliphatic carbocycles. The van der Waals surface area contributed by atoms with Crippen molar-refractivity contribution < 1.29 is 9.53 Å². The van der Waals surface area contributed by atoms with Gasteiger partial charge in [-0.1, -0.05) is 30.3 Å². The second kappa shape index (κ2) is 6.40. The molecule has 0 saturated heterocycles. The van der Waals surface area contributed by atoms with Crippen LogP contribution in [0.4, 0.5) is 0 Å². The van der Waals surface area contributed by atoms with Gasteiger partial charge in [-0.15, -0.1) is 0 Å². The highest BCUT2D eigenvalue weighted by Gasteiger charge is 2.11. The summed E-state index contributed by atoms with van der Waals surface area (Å²) >= 11 is 0. The van der Waals surface area contributed by atoms with E-state index in [1.807, 2.05) is 42.5 Å². The van der Waals surface area contributed by atoms with E-state index in [4.69, 9.17) is 4.74 Å². The van der Waals surface area contributed by atoms with Gasteiger partial charge in [-0.05, 0) is 29.8 Å². The highest BCUT2D eigenvalue weighted by molar-refractivity contribution is 5.97. The second-order valence-corrected chi connectivity index (χ2v) is 5.23. The number of amides is 1. The lowest BCUT2D eigenvalue weighted by Crippen LogP contribution is -2.11. The van der Waals surface area contributed by atoms with Gasteiger partial charge in [0, 0.05) is 29.6 Å². The van der Waals surface area contributed by atoms with Crippen LogP contribution >= 0.6 is 0 Å². The Hall–Kier alpha value is -3.01. The first-order valence-electron chi connectivity index (χ1n) is 7.38. The van der Waals surface area contributed by atoms with Crippen molar-refractivity contribution >= 4 is 22.9 Å². The average molecular weight is 306 g/mol. The summed E-state index contributed by atoms with van der Waals surface area (Å²) in [6.07, 6.45) is 3.57. The zero-order valence-electron chi connectivity index (χ0n) is 13.1. The van der Waals surface area contributed by atoms with Crippen molar-refractivity contribution in [2.75, 3.05) is 7.11 Å². The molecule has 4 heteroatoms. The Morgan fingerprint density at radius 3 is 2.65 bits per heavy atom. The minimum Gasteiger partial charge on any atom is -0.497 e. The molecule has 1 aromatic heterocycles. The number of hydrogen-bond acceptors (Lipinski definition) is 2. The Balaban J connectivity index is 2.18. The molecule has 4 nitrogen and oxygen atoms in total. The van der Waals surface area contributed by atoms with Crippen molar-refractivity contribution in [3.8, 4) is 17.0 Å². The Morgan fingerprint density at radius 1 is 1.17 bits per heavy atom. The Kier molecular flexibility index (Phi) is 4.15. The van der Waals surface area contributed by atoms with Crippen LogP contribution in [0.5, 0.6) is 5.75 Å². The molecule has 0 fully saturated rings. The third-order valence-corrected chi connectivity index (χ3v) is 3.64. The van der Waals surface area contributed by atoms with Crippen LogP contribution in [0.1, 0.15) is 12.5 Å². The van der Waals surface area contributed by atoms with Gasteiger partial charge in [-0.2, -0.15) is 0 Å².